The monoisotopic (exact) mass is 321 g/mol. The normalized spacial score (nSPS) is 10.7. The molecule has 3 nitrogen and oxygen atoms in total. The predicted octanol–water partition coefficient (Wildman–Crippen LogP) is 4.93. The van der Waals surface area contributed by atoms with E-state index in [1.165, 1.54) is 11.8 Å². The van der Waals surface area contributed by atoms with Crippen molar-refractivity contribution in [3.05, 3.63) is 58.7 Å². The van der Waals surface area contributed by atoms with E-state index in [4.69, 9.17) is 23.2 Å². The maximum Gasteiger partial charge on any atom is 0.143 e. The van der Waals surface area contributed by atoms with Crippen LogP contribution < -0.4 is 0 Å². The zero-order valence-corrected chi connectivity index (χ0v) is 12.5. The van der Waals surface area contributed by atoms with Crippen molar-refractivity contribution >= 4 is 35.0 Å². The van der Waals surface area contributed by atoms with Gasteiger partial charge in [0.1, 0.15) is 5.03 Å². The number of H-pyrrole nitrogens is 1. The maximum atomic E-state index is 6.35. The molecule has 3 rings (SSSR count). The number of hydrogen-bond donors (Lipinski definition) is 1. The summed E-state index contributed by atoms with van der Waals surface area (Å²) in [5, 5.41) is 12.5. The van der Waals surface area contributed by atoms with Crippen LogP contribution in [0.4, 0.5) is 0 Å². The molecule has 2 aromatic carbocycles. The molecule has 0 aliphatic carbocycles. The molecular weight excluding hydrogens is 313 g/mol. The molecule has 0 radical (unpaired) electrons. The molecule has 1 N–H and O–H groups in total. The third kappa shape index (κ3) is 2.98. The molecule has 0 atom stereocenters. The molecule has 6 heteroatoms. The highest BCUT2D eigenvalue weighted by atomic mass is 35.5. The summed E-state index contributed by atoms with van der Waals surface area (Å²) < 4.78 is 0. The van der Waals surface area contributed by atoms with Gasteiger partial charge in [0.05, 0.1) is 6.20 Å². The van der Waals surface area contributed by atoms with Gasteiger partial charge in [0.25, 0.3) is 0 Å². The summed E-state index contributed by atoms with van der Waals surface area (Å²) in [6, 6.07) is 13.5. The lowest BCUT2D eigenvalue weighted by atomic mass is 10.1. The van der Waals surface area contributed by atoms with Crippen LogP contribution in [0.25, 0.3) is 11.1 Å². The van der Waals surface area contributed by atoms with Gasteiger partial charge >= 0.3 is 0 Å². The molecule has 1 heterocycles. The molecule has 0 amide bonds. The summed E-state index contributed by atoms with van der Waals surface area (Å²) >= 11 is 13.7. The highest BCUT2D eigenvalue weighted by Gasteiger charge is 2.07. The van der Waals surface area contributed by atoms with Gasteiger partial charge in [0, 0.05) is 20.5 Å². The van der Waals surface area contributed by atoms with Gasteiger partial charge in [0.15, 0.2) is 0 Å². The van der Waals surface area contributed by atoms with Crippen molar-refractivity contribution in [2.75, 3.05) is 0 Å². The van der Waals surface area contributed by atoms with E-state index in [1.54, 1.807) is 6.20 Å². The minimum atomic E-state index is 0.695. The number of rotatable bonds is 3. The Morgan fingerprint density at radius 2 is 1.80 bits per heavy atom. The van der Waals surface area contributed by atoms with Gasteiger partial charge in [-0.05, 0) is 29.8 Å². The van der Waals surface area contributed by atoms with Crippen LogP contribution in [-0.4, -0.2) is 15.4 Å². The van der Waals surface area contributed by atoms with Gasteiger partial charge in [-0.3, -0.25) is 5.10 Å². The first-order valence-corrected chi connectivity index (χ1v) is 7.39. The van der Waals surface area contributed by atoms with Crippen LogP contribution in [0.2, 0.25) is 10.0 Å². The lowest BCUT2D eigenvalue weighted by Gasteiger charge is -2.06. The van der Waals surface area contributed by atoms with Crippen molar-refractivity contribution < 1.29 is 0 Å². The number of halogens is 2. The number of aromatic amines is 1. The number of nitrogens with one attached hydrogen (secondary N) is 1. The summed E-state index contributed by atoms with van der Waals surface area (Å²) in [5.74, 6) is 0. The van der Waals surface area contributed by atoms with Gasteiger partial charge < -0.3 is 0 Å². The number of aromatic nitrogens is 3. The molecule has 0 bridgehead atoms. The Kier molecular flexibility index (Phi) is 3.96. The van der Waals surface area contributed by atoms with Gasteiger partial charge in [-0.1, -0.05) is 58.4 Å². The minimum Gasteiger partial charge on any atom is -0.264 e. The van der Waals surface area contributed by atoms with E-state index >= 15 is 0 Å². The minimum absolute atomic E-state index is 0.695. The largest absolute Gasteiger partial charge is 0.264 e. The Bertz CT molecular complexity index is 712. The first-order valence-electron chi connectivity index (χ1n) is 5.82. The highest BCUT2D eigenvalue weighted by Crippen LogP contribution is 2.34. The zero-order valence-electron chi connectivity index (χ0n) is 10.2. The predicted molar refractivity (Wildman–Crippen MR) is 82.4 cm³/mol. The summed E-state index contributed by atoms with van der Waals surface area (Å²) in [5.41, 5.74) is 2.02. The van der Waals surface area contributed by atoms with E-state index in [0.717, 1.165) is 21.0 Å². The van der Waals surface area contributed by atoms with Crippen molar-refractivity contribution in [3.8, 4) is 11.1 Å². The molecule has 1 aromatic heterocycles. The SMILES string of the molecule is Clc1ccc(-c2ccc(Sc3c[nH]nn3)cc2Cl)cc1. The Hall–Kier alpha value is -1.49. The lowest BCUT2D eigenvalue weighted by Crippen LogP contribution is -1.81. The smallest absolute Gasteiger partial charge is 0.143 e. The van der Waals surface area contributed by atoms with Crippen LogP contribution in [0.15, 0.2) is 58.6 Å². The highest BCUT2D eigenvalue weighted by molar-refractivity contribution is 7.99. The van der Waals surface area contributed by atoms with Crippen molar-refractivity contribution in [2.24, 2.45) is 0 Å². The molecule has 0 spiro atoms. The standard InChI is InChI=1S/C14H9Cl2N3S/c15-10-3-1-9(2-4-10)12-6-5-11(7-13(12)16)20-14-8-17-19-18-14/h1-8H,(H,17,18,19). The first kappa shape index (κ1) is 13.5. The second-order valence-electron chi connectivity index (χ2n) is 4.06. The van der Waals surface area contributed by atoms with Crippen LogP contribution in [0.1, 0.15) is 0 Å². The van der Waals surface area contributed by atoms with Crippen LogP contribution in [0, 0.1) is 0 Å². The lowest BCUT2D eigenvalue weighted by molar-refractivity contribution is 0.911. The van der Waals surface area contributed by atoms with Gasteiger partial charge in [-0.2, -0.15) is 0 Å². The third-order valence-electron chi connectivity index (χ3n) is 2.71. The third-order valence-corrected chi connectivity index (χ3v) is 4.18. The van der Waals surface area contributed by atoms with Crippen molar-refractivity contribution in [1.29, 1.82) is 0 Å². The molecule has 0 aliphatic rings. The topological polar surface area (TPSA) is 41.6 Å². The number of benzene rings is 2. The fourth-order valence-corrected chi connectivity index (χ4v) is 3.01. The molecule has 0 saturated carbocycles. The summed E-state index contributed by atoms with van der Waals surface area (Å²) in [6.07, 6.45) is 1.74. The Morgan fingerprint density at radius 3 is 2.45 bits per heavy atom. The molecular formula is C14H9Cl2N3S. The van der Waals surface area contributed by atoms with Crippen LogP contribution in [0.3, 0.4) is 0 Å². The van der Waals surface area contributed by atoms with E-state index in [1.807, 2.05) is 42.5 Å². The van der Waals surface area contributed by atoms with Crippen LogP contribution in [-0.2, 0) is 0 Å². The first-order chi connectivity index (χ1) is 9.72. The Morgan fingerprint density at radius 1 is 1.00 bits per heavy atom. The van der Waals surface area contributed by atoms with Crippen molar-refractivity contribution in [3.63, 3.8) is 0 Å². The van der Waals surface area contributed by atoms with E-state index in [0.29, 0.717) is 10.0 Å². The molecule has 100 valence electrons. The van der Waals surface area contributed by atoms with Gasteiger partial charge in [0.2, 0.25) is 0 Å². The fraction of sp³-hybridized carbons (Fsp3) is 0. The Labute approximate surface area is 130 Å². The number of hydrogen-bond acceptors (Lipinski definition) is 3. The van der Waals surface area contributed by atoms with Crippen molar-refractivity contribution in [1.82, 2.24) is 15.4 Å². The molecule has 0 aliphatic heterocycles. The molecule has 0 fully saturated rings. The van der Waals surface area contributed by atoms with Crippen LogP contribution >= 0.6 is 35.0 Å². The zero-order chi connectivity index (χ0) is 13.9. The van der Waals surface area contributed by atoms with E-state index < -0.39 is 0 Å². The fourth-order valence-electron chi connectivity index (χ4n) is 1.78. The summed E-state index contributed by atoms with van der Waals surface area (Å²) in [4.78, 5) is 1.02. The Balaban J connectivity index is 1.89. The van der Waals surface area contributed by atoms with Crippen molar-refractivity contribution in [2.45, 2.75) is 9.92 Å². The van der Waals surface area contributed by atoms with E-state index in [9.17, 15) is 0 Å². The molecule has 3 aromatic rings. The molecule has 20 heavy (non-hydrogen) atoms. The molecule has 0 saturated heterocycles. The second kappa shape index (κ2) is 5.87. The van der Waals surface area contributed by atoms with E-state index in [2.05, 4.69) is 15.4 Å². The van der Waals surface area contributed by atoms with Crippen LogP contribution in [0.5, 0.6) is 0 Å². The quantitative estimate of drug-likeness (QED) is 0.743. The second-order valence-corrected chi connectivity index (χ2v) is 6.00. The summed E-state index contributed by atoms with van der Waals surface area (Å²) in [6.45, 7) is 0. The number of nitrogens with zero attached hydrogens (tertiary/aromatic N) is 2. The van der Waals surface area contributed by atoms with Gasteiger partial charge in [-0.15, -0.1) is 5.10 Å². The summed E-state index contributed by atoms with van der Waals surface area (Å²) in [7, 11) is 0. The van der Waals surface area contributed by atoms with E-state index in [-0.39, 0.29) is 0 Å². The average Bonchev–Trinajstić information content (AvgIpc) is 2.93. The maximum absolute atomic E-state index is 6.35. The van der Waals surface area contributed by atoms with Gasteiger partial charge in [-0.25, -0.2) is 0 Å². The molecule has 0 unspecified atom stereocenters. The average molecular weight is 322 g/mol.